The van der Waals surface area contributed by atoms with E-state index in [1.807, 2.05) is 39.0 Å². The number of hydrogen-bond acceptors (Lipinski definition) is 3. The number of aromatic amines is 1. The highest BCUT2D eigenvalue weighted by molar-refractivity contribution is 5.91. The summed E-state index contributed by atoms with van der Waals surface area (Å²) in [5.74, 6) is -0.0382. The van der Waals surface area contributed by atoms with E-state index in [0.717, 1.165) is 16.5 Å². The fourth-order valence-electron chi connectivity index (χ4n) is 2.11. The first-order valence-electron chi connectivity index (χ1n) is 6.33. The van der Waals surface area contributed by atoms with Crippen molar-refractivity contribution in [2.24, 2.45) is 0 Å². The number of carbonyl (C=O) groups excluding carboxylic acids is 1. The smallest absolute Gasteiger partial charge is 0.242 e. The Balaban J connectivity index is 2.36. The van der Waals surface area contributed by atoms with E-state index in [0.29, 0.717) is 0 Å². The summed E-state index contributed by atoms with van der Waals surface area (Å²) < 4.78 is 0. The molecular weight excluding hydrogens is 240 g/mol. The average Bonchev–Trinajstić information content (AvgIpc) is 2.76. The van der Waals surface area contributed by atoms with E-state index < -0.39 is 0 Å². The van der Waals surface area contributed by atoms with Gasteiger partial charge in [0.25, 0.3) is 0 Å². The molecule has 1 amide bonds. The first-order valence-corrected chi connectivity index (χ1v) is 6.33. The summed E-state index contributed by atoms with van der Waals surface area (Å²) in [6.45, 7) is 5.90. The Morgan fingerprint density at radius 3 is 2.74 bits per heavy atom. The van der Waals surface area contributed by atoms with Crippen LogP contribution < -0.4 is 10.6 Å². The van der Waals surface area contributed by atoms with Crippen LogP contribution in [0.15, 0.2) is 24.4 Å². The summed E-state index contributed by atoms with van der Waals surface area (Å²) in [6, 6.07) is 5.42. The van der Waals surface area contributed by atoms with Crippen LogP contribution in [0.25, 0.3) is 10.9 Å². The maximum absolute atomic E-state index is 12.4. The molecule has 0 spiro atoms. The van der Waals surface area contributed by atoms with Crippen molar-refractivity contribution in [3.8, 4) is 0 Å². The number of hydrogen-bond donors (Lipinski definition) is 3. The van der Waals surface area contributed by atoms with Gasteiger partial charge in [0, 0.05) is 10.9 Å². The van der Waals surface area contributed by atoms with Crippen molar-refractivity contribution in [2.75, 3.05) is 7.05 Å². The van der Waals surface area contributed by atoms with Crippen LogP contribution in [-0.4, -0.2) is 28.7 Å². The molecule has 5 heteroatoms. The fraction of sp³-hybridized carbons (Fsp3) is 0.429. The Hall–Kier alpha value is -1.88. The van der Waals surface area contributed by atoms with Crippen LogP contribution in [0.3, 0.4) is 0 Å². The van der Waals surface area contributed by atoms with Gasteiger partial charge in [-0.25, -0.2) is 0 Å². The molecule has 5 nitrogen and oxygen atoms in total. The standard InChI is InChI=1S/C14H20N4O/c1-14(2,3)17-13(19)12(15-4)9-6-5-7-11-10(9)8-16-18-11/h5-8,12,15H,1-4H3,(H,16,18)(H,17,19). The Labute approximate surface area is 112 Å². The highest BCUT2D eigenvalue weighted by atomic mass is 16.2. The summed E-state index contributed by atoms with van der Waals surface area (Å²) in [5, 5.41) is 14.0. The molecule has 1 atom stereocenters. The topological polar surface area (TPSA) is 69.8 Å². The zero-order chi connectivity index (χ0) is 14.0. The minimum Gasteiger partial charge on any atom is -0.350 e. The van der Waals surface area contributed by atoms with Crippen molar-refractivity contribution < 1.29 is 4.79 Å². The summed E-state index contributed by atoms with van der Waals surface area (Å²) >= 11 is 0. The van der Waals surface area contributed by atoms with E-state index in [9.17, 15) is 4.79 Å². The number of rotatable bonds is 3. The molecule has 1 unspecified atom stereocenters. The van der Waals surface area contributed by atoms with Crippen LogP contribution in [0.4, 0.5) is 0 Å². The van der Waals surface area contributed by atoms with E-state index in [-0.39, 0.29) is 17.5 Å². The first kappa shape index (κ1) is 13.5. The van der Waals surface area contributed by atoms with Gasteiger partial charge >= 0.3 is 0 Å². The highest BCUT2D eigenvalue weighted by Crippen LogP contribution is 2.23. The Morgan fingerprint density at radius 2 is 2.11 bits per heavy atom. The third kappa shape index (κ3) is 2.93. The van der Waals surface area contributed by atoms with E-state index in [4.69, 9.17) is 0 Å². The van der Waals surface area contributed by atoms with Gasteiger partial charge in [-0.1, -0.05) is 12.1 Å². The molecule has 19 heavy (non-hydrogen) atoms. The number of fused-ring (bicyclic) bond motifs is 1. The maximum Gasteiger partial charge on any atom is 0.242 e. The number of H-pyrrole nitrogens is 1. The van der Waals surface area contributed by atoms with Crippen LogP contribution in [0, 0.1) is 0 Å². The molecule has 3 N–H and O–H groups in total. The van der Waals surface area contributed by atoms with Crippen LogP contribution in [0.1, 0.15) is 32.4 Å². The molecule has 0 bridgehead atoms. The third-order valence-electron chi connectivity index (χ3n) is 2.88. The normalized spacial score (nSPS) is 13.5. The Morgan fingerprint density at radius 1 is 1.37 bits per heavy atom. The molecule has 2 aromatic rings. The van der Waals surface area contributed by atoms with Crippen LogP contribution in [-0.2, 0) is 4.79 Å². The number of carbonyl (C=O) groups is 1. The lowest BCUT2D eigenvalue weighted by Gasteiger charge is -2.25. The van der Waals surface area contributed by atoms with Crippen molar-refractivity contribution in [2.45, 2.75) is 32.4 Å². The molecule has 1 aromatic heterocycles. The largest absolute Gasteiger partial charge is 0.350 e. The summed E-state index contributed by atoms with van der Waals surface area (Å²) in [5.41, 5.74) is 1.60. The Kier molecular flexibility index (Phi) is 3.57. The van der Waals surface area contributed by atoms with E-state index in [1.54, 1.807) is 13.2 Å². The molecule has 0 aliphatic carbocycles. The minimum absolute atomic E-state index is 0.0382. The summed E-state index contributed by atoms with van der Waals surface area (Å²) in [4.78, 5) is 12.4. The third-order valence-corrected chi connectivity index (χ3v) is 2.88. The quantitative estimate of drug-likeness (QED) is 0.787. The molecule has 0 saturated heterocycles. The van der Waals surface area contributed by atoms with Gasteiger partial charge in [0.2, 0.25) is 5.91 Å². The minimum atomic E-state index is -0.388. The van der Waals surface area contributed by atoms with Gasteiger partial charge in [0.15, 0.2) is 0 Å². The van der Waals surface area contributed by atoms with Gasteiger partial charge in [-0.15, -0.1) is 0 Å². The van der Waals surface area contributed by atoms with Crippen LogP contribution in [0.5, 0.6) is 0 Å². The highest BCUT2D eigenvalue weighted by Gasteiger charge is 2.24. The number of aromatic nitrogens is 2. The number of benzene rings is 1. The fourth-order valence-corrected chi connectivity index (χ4v) is 2.11. The van der Waals surface area contributed by atoms with E-state index in [2.05, 4.69) is 20.8 Å². The van der Waals surface area contributed by atoms with Crippen molar-refractivity contribution >= 4 is 16.8 Å². The van der Waals surface area contributed by atoms with E-state index >= 15 is 0 Å². The first-order chi connectivity index (χ1) is 8.92. The average molecular weight is 260 g/mol. The predicted octanol–water partition coefficient (Wildman–Crippen LogP) is 1.74. The monoisotopic (exact) mass is 260 g/mol. The number of nitrogens with zero attached hydrogens (tertiary/aromatic N) is 1. The lowest BCUT2D eigenvalue weighted by Crippen LogP contribution is -2.46. The van der Waals surface area contributed by atoms with Gasteiger partial charge in [-0.3, -0.25) is 9.89 Å². The van der Waals surface area contributed by atoms with Crippen molar-refractivity contribution in [1.29, 1.82) is 0 Å². The molecular formula is C14H20N4O. The van der Waals surface area contributed by atoms with E-state index in [1.165, 1.54) is 0 Å². The molecule has 0 aliphatic heterocycles. The lowest BCUT2D eigenvalue weighted by atomic mass is 10.0. The SMILES string of the molecule is CNC(C(=O)NC(C)(C)C)c1cccc2[nH]ncc12. The second-order valence-electron chi connectivity index (χ2n) is 5.64. The van der Waals surface area contributed by atoms with Gasteiger partial charge in [0.1, 0.15) is 6.04 Å². The van der Waals surface area contributed by atoms with Crippen LogP contribution in [0.2, 0.25) is 0 Å². The predicted molar refractivity (Wildman–Crippen MR) is 75.8 cm³/mol. The van der Waals surface area contributed by atoms with Crippen molar-refractivity contribution in [3.63, 3.8) is 0 Å². The Bertz CT molecular complexity index is 582. The van der Waals surface area contributed by atoms with Crippen LogP contribution >= 0.6 is 0 Å². The number of likely N-dealkylation sites (N-methyl/N-ethyl adjacent to an activating group) is 1. The molecule has 1 heterocycles. The lowest BCUT2D eigenvalue weighted by molar-refractivity contribution is -0.124. The molecule has 1 aromatic carbocycles. The molecule has 0 aliphatic rings. The van der Waals surface area contributed by atoms with Gasteiger partial charge < -0.3 is 10.6 Å². The second kappa shape index (κ2) is 5.01. The van der Waals surface area contributed by atoms with Gasteiger partial charge in [0.05, 0.1) is 11.7 Å². The van der Waals surface area contributed by atoms with Gasteiger partial charge in [-0.2, -0.15) is 5.10 Å². The molecule has 2 rings (SSSR count). The molecule has 0 radical (unpaired) electrons. The van der Waals surface area contributed by atoms with Crippen molar-refractivity contribution in [3.05, 3.63) is 30.0 Å². The summed E-state index contributed by atoms with van der Waals surface area (Å²) in [7, 11) is 1.78. The zero-order valence-corrected chi connectivity index (χ0v) is 11.7. The number of amides is 1. The molecule has 0 saturated carbocycles. The maximum atomic E-state index is 12.4. The molecule has 102 valence electrons. The number of nitrogens with one attached hydrogen (secondary N) is 3. The molecule has 0 fully saturated rings. The second-order valence-corrected chi connectivity index (χ2v) is 5.64. The zero-order valence-electron chi connectivity index (χ0n) is 11.7. The summed E-state index contributed by atoms with van der Waals surface area (Å²) in [6.07, 6.45) is 1.75. The van der Waals surface area contributed by atoms with Crippen molar-refractivity contribution in [1.82, 2.24) is 20.8 Å². The van der Waals surface area contributed by atoms with Gasteiger partial charge in [-0.05, 0) is 39.4 Å².